The van der Waals surface area contributed by atoms with Crippen molar-refractivity contribution in [3.63, 3.8) is 0 Å². The number of hydrogen-bond donors (Lipinski definition) is 2. The predicted molar refractivity (Wildman–Crippen MR) is 82.0 cm³/mol. The van der Waals surface area contributed by atoms with Crippen LogP contribution in [0.5, 0.6) is 0 Å². The van der Waals surface area contributed by atoms with Gasteiger partial charge in [-0.2, -0.15) is 0 Å². The van der Waals surface area contributed by atoms with Crippen LogP contribution in [-0.2, 0) is 19.3 Å². The number of aromatic amines is 1. The Labute approximate surface area is 122 Å². The fourth-order valence-electron chi connectivity index (χ4n) is 2.99. The number of para-hydroxylation sites is 2. The van der Waals surface area contributed by atoms with Gasteiger partial charge in [0.25, 0.3) is 0 Å². The van der Waals surface area contributed by atoms with E-state index >= 15 is 0 Å². The van der Waals surface area contributed by atoms with E-state index in [0.717, 1.165) is 46.8 Å². The van der Waals surface area contributed by atoms with Crippen molar-refractivity contribution >= 4 is 16.9 Å². The number of nitrogens with two attached hydrogens (primary N) is 1. The Kier molecular flexibility index (Phi) is 2.84. The number of nitrogen functional groups attached to an aromatic ring is 1. The van der Waals surface area contributed by atoms with Gasteiger partial charge in [-0.25, -0.2) is 15.0 Å². The lowest BCUT2D eigenvalue weighted by molar-refractivity contribution is 0.657. The number of H-pyrrole nitrogens is 1. The van der Waals surface area contributed by atoms with Crippen LogP contribution in [0.2, 0.25) is 0 Å². The molecule has 0 radical (unpaired) electrons. The van der Waals surface area contributed by atoms with Crippen molar-refractivity contribution < 1.29 is 0 Å². The molecule has 0 bridgehead atoms. The Bertz CT molecular complexity index is 773. The number of aromatic nitrogens is 4. The second-order valence-corrected chi connectivity index (χ2v) is 5.53. The maximum atomic E-state index is 6.09. The smallest absolute Gasteiger partial charge is 0.138 e. The molecule has 1 aliphatic rings. The Morgan fingerprint density at radius 2 is 1.90 bits per heavy atom. The zero-order chi connectivity index (χ0) is 14.2. The third kappa shape index (κ3) is 2.24. The summed E-state index contributed by atoms with van der Waals surface area (Å²) in [5.41, 5.74) is 10.4. The molecule has 0 saturated carbocycles. The van der Waals surface area contributed by atoms with Crippen molar-refractivity contribution in [2.45, 2.75) is 32.1 Å². The molecular weight excluding hydrogens is 262 g/mol. The zero-order valence-electron chi connectivity index (χ0n) is 11.8. The van der Waals surface area contributed by atoms with Crippen molar-refractivity contribution in [1.82, 2.24) is 19.9 Å². The third-order valence-electron chi connectivity index (χ3n) is 4.03. The Morgan fingerprint density at radius 1 is 1.05 bits per heavy atom. The maximum Gasteiger partial charge on any atom is 0.138 e. The first-order valence-electron chi connectivity index (χ1n) is 7.37. The normalized spacial score (nSPS) is 14.3. The van der Waals surface area contributed by atoms with Gasteiger partial charge in [-0.05, 0) is 37.8 Å². The number of aryl methyl sites for hydroxylation is 1. The molecule has 2 aromatic heterocycles. The van der Waals surface area contributed by atoms with Gasteiger partial charge < -0.3 is 10.7 Å². The van der Waals surface area contributed by atoms with Crippen LogP contribution in [0.4, 0.5) is 5.82 Å². The van der Waals surface area contributed by atoms with Crippen LogP contribution in [-0.4, -0.2) is 19.9 Å². The SMILES string of the molecule is Nc1nc(Cc2nc3ccccc3[nH]2)nc2c1CCCC2. The van der Waals surface area contributed by atoms with E-state index in [9.17, 15) is 0 Å². The fraction of sp³-hybridized carbons (Fsp3) is 0.312. The van der Waals surface area contributed by atoms with Crippen LogP contribution in [0.15, 0.2) is 24.3 Å². The highest BCUT2D eigenvalue weighted by Gasteiger charge is 2.16. The quantitative estimate of drug-likeness (QED) is 0.755. The van der Waals surface area contributed by atoms with Crippen LogP contribution in [0, 0.1) is 0 Å². The van der Waals surface area contributed by atoms with Crippen LogP contribution in [0.3, 0.4) is 0 Å². The van der Waals surface area contributed by atoms with Gasteiger partial charge in [0.2, 0.25) is 0 Å². The summed E-state index contributed by atoms with van der Waals surface area (Å²) in [5, 5.41) is 0. The summed E-state index contributed by atoms with van der Waals surface area (Å²) in [4.78, 5) is 17.0. The Balaban J connectivity index is 1.69. The average molecular weight is 279 g/mol. The van der Waals surface area contributed by atoms with Crippen LogP contribution in [0.25, 0.3) is 11.0 Å². The van der Waals surface area contributed by atoms with E-state index in [0.29, 0.717) is 12.2 Å². The molecule has 1 aliphatic carbocycles. The topological polar surface area (TPSA) is 80.5 Å². The van der Waals surface area contributed by atoms with Gasteiger partial charge in [0, 0.05) is 11.3 Å². The number of rotatable bonds is 2. The summed E-state index contributed by atoms with van der Waals surface area (Å²) < 4.78 is 0. The summed E-state index contributed by atoms with van der Waals surface area (Å²) in [5.74, 6) is 2.28. The minimum absolute atomic E-state index is 0.589. The number of nitrogens with one attached hydrogen (secondary N) is 1. The lowest BCUT2D eigenvalue weighted by atomic mass is 9.96. The molecule has 0 amide bonds. The number of fused-ring (bicyclic) bond motifs is 2. The predicted octanol–water partition coefficient (Wildman–Crippen LogP) is 2.40. The second-order valence-electron chi connectivity index (χ2n) is 5.53. The molecule has 106 valence electrons. The highest BCUT2D eigenvalue weighted by atomic mass is 15.0. The van der Waals surface area contributed by atoms with Gasteiger partial charge >= 0.3 is 0 Å². The van der Waals surface area contributed by atoms with Crippen molar-refractivity contribution in [1.29, 1.82) is 0 Å². The largest absolute Gasteiger partial charge is 0.383 e. The van der Waals surface area contributed by atoms with Crippen molar-refractivity contribution in [3.05, 3.63) is 47.2 Å². The van der Waals surface area contributed by atoms with Gasteiger partial charge in [-0.1, -0.05) is 12.1 Å². The Morgan fingerprint density at radius 3 is 2.81 bits per heavy atom. The molecule has 5 heteroatoms. The number of imidazole rings is 1. The standard InChI is InChI=1S/C16H17N5/c17-16-10-5-1-2-6-11(10)18-15(21-16)9-14-19-12-7-3-4-8-13(12)20-14/h3-4,7-8H,1-2,5-6,9H2,(H,19,20)(H2,17,18,21). The fourth-order valence-corrected chi connectivity index (χ4v) is 2.99. The molecule has 3 N–H and O–H groups in total. The van der Waals surface area contributed by atoms with Crippen LogP contribution < -0.4 is 5.73 Å². The second kappa shape index (κ2) is 4.84. The molecule has 0 fully saturated rings. The van der Waals surface area contributed by atoms with E-state index in [2.05, 4.69) is 19.9 Å². The summed E-state index contributed by atoms with van der Waals surface area (Å²) >= 11 is 0. The number of anilines is 1. The first-order valence-corrected chi connectivity index (χ1v) is 7.37. The molecule has 1 aromatic carbocycles. The number of benzene rings is 1. The van der Waals surface area contributed by atoms with E-state index < -0.39 is 0 Å². The minimum Gasteiger partial charge on any atom is -0.383 e. The van der Waals surface area contributed by atoms with Gasteiger partial charge in [0.15, 0.2) is 0 Å². The lowest BCUT2D eigenvalue weighted by Gasteiger charge is -2.16. The lowest BCUT2D eigenvalue weighted by Crippen LogP contribution is -2.13. The van der Waals surface area contributed by atoms with E-state index in [4.69, 9.17) is 5.73 Å². The van der Waals surface area contributed by atoms with E-state index in [1.165, 1.54) is 12.8 Å². The number of nitrogens with zero attached hydrogens (tertiary/aromatic N) is 3. The summed E-state index contributed by atoms with van der Waals surface area (Å²) in [7, 11) is 0. The zero-order valence-corrected chi connectivity index (χ0v) is 11.8. The molecule has 4 rings (SSSR count). The molecule has 5 nitrogen and oxygen atoms in total. The minimum atomic E-state index is 0.589. The summed E-state index contributed by atoms with van der Waals surface area (Å²) in [6.07, 6.45) is 4.98. The van der Waals surface area contributed by atoms with Gasteiger partial charge in [-0.15, -0.1) is 0 Å². The van der Waals surface area contributed by atoms with Crippen molar-refractivity contribution in [2.75, 3.05) is 5.73 Å². The average Bonchev–Trinajstić information content (AvgIpc) is 2.89. The van der Waals surface area contributed by atoms with Crippen molar-refractivity contribution in [3.8, 4) is 0 Å². The van der Waals surface area contributed by atoms with Gasteiger partial charge in [0.05, 0.1) is 17.5 Å². The molecule has 0 spiro atoms. The van der Waals surface area contributed by atoms with Crippen LogP contribution in [0.1, 0.15) is 35.7 Å². The highest BCUT2D eigenvalue weighted by Crippen LogP contribution is 2.24. The van der Waals surface area contributed by atoms with Gasteiger partial charge in [-0.3, -0.25) is 0 Å². The maximum absolute atomic E-state index is 6.09. The molecule has 0 aliphatic heterocycles. The molecule has 0 saturated heterocycles. The molecule has 3 aromatic rings. The third-order valence-corrected chi connectivity index (χ3v) is 4.03. The van der Waals surface area contributed by atoms with E-state index in [-0.39, 0.29) is 0 Å². The van der Waals surface area contributed by atoms with E-state index in [1.54, 1.807) is 0 Å². The molecular formula is C16H17N5. The van der Waals surface area contributed by atoms with Crippen molar-refractivity contribution in [2.24, 2.45) is 0 Å². The summed E-state index contributed by atoms with van der Waals surface area (Å²) in [6.45, 7) is 0. The first-order chi connectivity index (χ1) is 10.3. The highest BCUT2D eigenvalue weighted by molar-refractivity contribution is 5.74. The number of hydrogen-bond acceptors (Lipinski definition) is 4. The summed E-state index contributed by atoms with van der Waals surface area (Å²) in [6, 6.07) is 8.00. The molecule has 2 heterocycles. The molecule has 0 unspecified atom stereocenters. The van der Waals surface area contributed by atoms with Crippen LogP contribution >= 0.6 is 0 Å². The Hall–Kier alpha value is -2.43. The van der Waals surface area contributed by atoms with E-state index in [1.807, 2.05) is 24.3 Å². The van der Waals surface area contributed by atoms with Gasteiger partial charge in [0.1, 0.15) is 17.5 Å². The molecule has 0 atom stereocenters. The first kappa shape index (κ1) is 12.3. The monoisotopic (exact) mass is 279 g/mol. The molecule has 21 heavy (non-hydrogen) atoms.